The summed E-state index contributed by atoms with van der Waals surface area (Å²) >= 11 is 0. The van der Waals surface area contributed by atoms with E-state index < -0.39 is 52.9 Å². The van der Waals surface area contributed by atoms with E-state index in [1.165, 1.54) is 0 Å². The zero-order valence-corrected chi connectivity index (χ0v) is 20.2. The van der Waals surface area contributed by atoms with Gasteiger partial charge in [-0.25, -0.2) is 0 Å². The molecule has 12 heteroatoms. The molecule has 0 unspecified atom stereocenters. The summed E-state index contributed by atoms with van der Waals surface area (Å²) in [6.07, 6.45) is -2.72. The first-order chi connectivity index (χ1) is 17.2. The van der Waals surface area contributed by atoms with Gasteiger partial charge in [-0.2, -0.15) is 21.6 Å². The molecule has 36 heavy (non-hydrogen) atoms. The second-order valence-corrected chi connectivity index (χ2v) is 10.0. The van der Waals surface area contributed by atoms with E-state index in [1.54, 1.807) is 31.4 Å². The van der Waals surface area contributed by atoms with Crippen LogP contribution in [0.15, 0.2) is 54.6 Å². The Morgan fingerprint density at radius 2 is 1.69 bits per heavy atom. The van der Waals surface area contributed by atoms with Crippen LogP contribution in [0.2, 0.25) is 0 Å². The summed E-state index contributed by atoms with van der Waals surface area (Å²) in [7, 11) is -4.25. The summed E-state index contributed by atoms with van der Waals surface area (Å²) in [5.74, 6) is 0.661. The summed E-state index contributed by atoms with van der Waals surface area (Å²) in [5.41, 5.74) is -3.92. The van der Waals surface area contributed by atoms with Gasteiger partial charge in [-0.1, -0.05) is 42.5 Å². The maximum Gasteiger partial charge on any atom is 0.523 e. The molecule has 0 amide bonds. The van der Waals surface area contributed by atoms with E-state index in [9.17, 15) is 21.6 Å². The fourth-order valence-electron chi connectivity index (χ4n) is 4.05. The molecule has 2 saturated heterocycles. The van der Waals surface area contributed by atoms with Crippen molar-refractivity contribution in [3.05, 3.63) is 65.7 Å². The van der Waals surface area contributed by atoms with Gasteiger partial charge in [0.05, 0.1) is 39.1 Å². The zero-order valence-electron chi connectivity index (χ0n) is 19.4. The van der Waals surface area contributed by atoms with Crippen molar-refractivity contribution in [1.82, 2.24) is 0 Å². The van der Waals surface area contributed by atoms with Gasteiger partial charge in [-0.05, 0) is 30.5 Å². The number of halogens is 3. The molecule has 0 radical (unpaired) electrons. The molecule has 2 aromatic carbocycles. The molecule has 2 aromatic rings. The van der Waals surface area contributed by atoms with E-state index in [0.717, 1.165) is 11.1 Å². The first kappa shape index (κ1) is 26.8. The van der Waals surface area contributed by atoms with Crippen molar-refractivity contribution in [2.45, 2.75) is 55.7 Å². The molecule has 8 nitrogen and oxygen atoms in total. The number of hydrogen-bond acceptors (Lipinski definition) is 8. The molecular formula is C24H27F3O8S. The van der Waals surface area contributed by atoms with Crippen LogP contribution in [0, 0.1) is 0 Å². The van der Waals surface area contributed by atoms with Gasteiger partial charge < -0.3 is 23.7 Å². The van der Waals surface area contributed by atoms with Crippen LogP contribution in [-0.2, 0) is 39.9 Å². The smallest absolute Gasteiger partial charge is 0.497 e. The standard InChI is InChI=1S/C24H27F3O8S/c1-30-18-9-7-16(8-10-18)13-31-19-11-12-20-21(14-32-23(35-20)17-5-3-2-4-6-17)34-22(19)15-33-36(28,29)24(25,26)27/h2-10,19-23H,11-15H2,1H3/t19-,20+,21-,22+,23-/m1/s1. The molecular weight excluding hydrogens is 505 g/mol. The van der Waals surface area contributed by atoms with Gasteiger partial charge >= 0.3 is 15.6 Å². The number of alkyl halides is 3. The highest BCUT2D eigenvalue weighted by atomic mass is 32.2. The van der Waals surface area contributed by atoms with Crippen molar-refractivity contribution >= 4 is 10.1 Å². The molecule has 198 valence electrons. The predicted molar refractivity (Wildman–Crippen MR) is 120 cm³/mol. The minimum absolute atomic E-state index is 0.109. The Balaban J connectivity index is 1.47. The molecule has 0 bridgehead atoms. The topological polar surface area (TPSA) is 89.5 Å². The molecule has 2 aliphatic heterocycles. The van der Waals surface area contributed by atoms with E-state index in [4.69, 9.17) is 23.7 Å². The van der Waals surface area contributed by atoms with Crippen molar-refractivity contribution in [3.8, 4) is 5.75 Å². The monoisotopic (exact) mass is 532 g/mol. The third kappa shape index (κ3) is 6.55. The van der Waals surface area contributed by atoms with Gasteiger partial charge in [0.2, 0.25) is 0 Å². The Labute approximate surface area is 207 Å². The largest absolute Gasteiger partial charge is 0.523 e. The van der Waals surface area contributed by atoms with Gasteiger partial charge in [0, 0.05) is 5.56 Å². The lowest BCUT2D eigenvalue weighted by Crippen LogP contribution is -2.45. The van der Waals surface area contributed by atoms with Crippen LogP contribution in [0.25, 0.3) is 0 Å². The summed E-state index contributed by atoms with van der Waals surface area (Å²) in [5, 5.41) is 0. The summed E-state index contributed by atoms with van der Waals surface area (Å²) in [4.78, 5) is 0. The predicted octanol–water partition coefficient (Wildman–Crippen LogP) is 4.11. The van der Waals surface area contributed by atoms with E-state index >= 15 is 0 Å². The van der Waals surface area contributed by atoms with Crippen molar-refractivity contribution in [2.24, 2.45) is 0 Å². The number of fused-ring (bicyclic) bond motifs is 1. The third-order valence-electron chi connectivity index (χ3n) is 5.99. The summed E-state index contributed by atoms with van der Waals surface area (Å²) in [6, 6.07) is 16.4. The number of rotatable bonds is 8. The van der Waals surface area contributed by atoms with Gasteiger partial charge in [0.1, 0.15) is 18.0 Å². The number of hydrogen-bond donors (Lipinski definition) is 0. The van der Waals surface area contributed by atoms with Gasteiger partial charge in [0.25, 0.3) is 0 Å². The Bertz CT molecular complexity index is 1080. The zero-order chi connectivity index (χ0) is 25.8. The lowest BCUT2D eigenvalue weighted by molar-refractivity contribution is -0.272. The average molecular weight is 533 g/mol. The minimum Gasteiger partial charge on any atom is -0.497 e. The number of benzene rings is 2. The van der Waals surface area contributed by atoms with Gasteiger partial charge in [-0.15, -0.1) is 0 Å². The van der Waals surface area contributed by atoms with E-state index in [0.29, 0.717) is 18.6 Å². The van der Waals surface area contributed by atoms with Crippen LogP contribution in [0.5, 0.6) is 5.75 Å². The van der Waals surface area contributed by atoms with Crippen molar-refractivity contribution < 1.29 is 49.5 Å². The Kier molecular flexibility index (Phi) is 8.53. The fourth-order valence-corrected chi connectivity index (χ4v) is 4.50. The summed E-state index contributed by atoms with van der Waals surface area (Å²) < 4.78 is 94.8. The SMILES string of the molecule is COc1ccc(CO[C@@H]2CC[C@@H]3O[C@H](c4ccccc4)OC[C@H]3O[C@H]2COS(=O)(=O)C(F)(F)F)cc1. The highest BCUT2D eigenvalue weighted by Gasteiger charge is 2.48. The Morgan fingerprint density at radius 3 is 2.36 bits per heavy atom. The fraction of sp³-hybridized carbons (Fsp3) is 0.500. The second-order valence-electron chi connectivity index (χ2n) is 8.42. The van der Waals surface area contributed by atoms with Crippen molar-refractivity contribution in [2.75, 3.05) is 20.3 Å². The van der Waals surface area contributed by atoms with Gasteiger partial charge in [0.15, 0.2) is 6.29 Å². The highest BCUT2D eigenvalue weighted by molar-refractivity contribution is 7.87. The lowest BCUT2D eigenvalue weighted by Gasteiger charge is -2.36. The summed E-state index contributed by atoms with van der Waals surface area (Å²) in [6.45, 7) is -0.627. The first-order valence-corrected chi connectivity index (χ1v) is 12.7. The molecule has 0 aromatic heterocycles. The maximum atomic E-state index is 12.8. The third-order valence-corrected chi connectivity index (χ3v) is 7.00. The second kappa shape index (κ2) is 11.4. The van der Waals surface area contributed by atoms with E-state index in [1.807, 2.05) is 30.3 Å². The molecule has 0 aliphatic carbocycles. The van der Waals surface area contributed by atoms with Crippen LogP contribution in [0.3, 0.4) is 0 Å². The molecule has 2 heterocycles. The number of methoxy groups -OCH3 is 1. The van der Waals surface area contributed by atoms with E-state index in [2.05, 4.69) is 4.18 Å². The maximum absolute atomic E-state index is 12.8. The first-order valence-electron chi connectivity index (χ1n) is 11.3. The molecule has 0 N–H and O–H groups in total. The normalized spacial score (nSPS) is 27.2. The van der Waals surface area contributed by atoms with Crippen LogP contribution < -0.4 is 4.74 Å². The Morgan fingerprint density at radius 1 is 0.972 bits per heavy atom. The van der Waals surface area contributed by atoms with Crippen LogP contribution in [-0.4, -0.2) is 58.7 Å². The van der Waals surface area contributed by atoms with Crippen molar-refractivity contribution in [1.29, 1.82) is 0 Å². The quantitative estimate of drug-likeness (QED) is 0.371. The molecule has 2 aliphatic rings. The minimum atomic E-state index is -5.79. The van der Waals surface area contributed by atoms with Crippen LogP contribution >= 0.6 is 0 Å². The average Bonchev–Trinajstić information content (AvgIpc) is 3.05. The van der Waals surface area contributed by atoms with E-state index in [-0.39, 0.29) is 13.2 Å². The van der Waals surface area contributed by atoms with Crippen molar-refractivity contribution in [3.63, 3.8) is 0 Å². The van der Waals surface area contributed by atoms with Crippen LogP contribution in [0.1, 0.15) is 30.3 Å². The van der Waals surface area contributed by atoms with Gasteiger partial charge in [-0.3, -0.25) is 4.18 Å². The highest BCUT2D eigenvalue weighted by Crippen LogP contribution is 2.34. The molecule has 2 fully saturated rings. The molecule has 4 rings (SSSR count). The van der Waals surface area contributed by atoms with Crippen LogP contribution in [0.4, 0.5) is 13.2 Å². The lowest BCUT2D eigenvalue weighted by atomic mass is 10.0. The molecule has 0 spiro atoms. The molecule has 0 saturated carbocycles. The number of ether oxygens (including phenoxy) is 5. The molecule has 5 atom stereocenters. The Hall–Kier alpha value is -2.22.